The number of benzene rings is 2. The Balaban J connectivity index is 1.79. The predicted octanol–water partition coefficient (Wildman–Crippen LogP) is 3.22. The van der Waals surface area contributed by atoms with E-state index in [-0.39, 0.29) is 19.1 Å². The summed E-state index contributed by atoms with van der Waals surface area (Å²) in [5.74, 6) is -0.0285. The number of hydrogen-bond donors (Lipinski definition) is 2. The van der Waals surface area contributed by atoms with Gasteiger partial charge in [0.15, 0.2) is 18.1 Å². The topological polar surface area (TPSA) is 95.6 Å². The van der Waals surface area contributed by atoms with Gasteiger partial charge in [0.25, 0.3) is 5.91 Å². The Bertz CT molecular complexity index is 1050. The van der Waals surface area contributed by atoms with Crippen molar-refractivity contribution in [2.45, 2.75) is 13.5 Å². The van der Waals surface area contributed by atoms with Gasteiger partial charge in [-0.1, -0.05) is 18.2 Å². The van der Waals surface area contributed by atoms with Crippen molar-refractivity contribution in [1.29, 1.82) is 0 Å². The Labute approximate surface area is 170 Å². The molecule has 3 aromatic rings. The zero-order valence-corrected chi connectivity index (χ0v) is 17.1. The lowest BCUT2D eigenvalue weighted by molar-refractivity contribution is -0.120. The smallest absolute Gasteiger partial charge is 0.255 e. The van der Waals surface area contributed by atoms with Crippen molar-refractivity contribution in [2.75, 3.05) is 19.0 Å². The summed E-state index contributed by atoms with van der Waals surface area (Å²) in [6.07, 6.45) is 0. The maximum atomic E-state index is 12.6. The van der Waals surface area contributed by atoms with Gasteiger partial charge in [0.05, 0.1) is 7.11 Å². The van der Waals surface area contributed by atoms with E-state index in [0.29, 0.717) is 17.2 Å². The zero-order chi connectivity index (χ0) is 20.3. The van der Waals surface area contributed by atoms with Crippen LogP contribution in [-0.2, 0) is 16.1 Å². The second-order valence-corrected chi connectivity index (χ2v) is 6.96. The lowest BCUT2D eigenvalue weighted by Crippen LogP contribution is -2.21. The molecule has 7 nitrogen and oxygen atoms in total. The summed E-state index contributed by atoms with van der Waals surface area (Å²) in [6.45, 7) is 1.83. The fourth-order valence-corrected chi connectivity index (χ4v) is 3.50. The van der Waals surface area contributed by atoms with Gasteiger partial charge in [-0.3, -0.25) is 9.59 Å². The van der Waals surface area contributed by atoms with E-state index in [0.717, 1.165) is 21.1 Å². The van der Waals surface area contributed by atoms with Crippen LogP contribution in [0.2, 0.25) is 0 Å². The minimum absolute atomic E-state index is 0.154. The van der Waals surface area contributed by atoms with Crippen LogP contribution in [0.15, 0.2) is 46.9 Å². The van der Waals surface area contributed by atoms with Crippen LogP contribution in [-0.4, -0.2) is 30.1 Å². The molecule has 8 heteroatoms. The third kappa shape index (κ3) is 4.12. The van der Waals surface area contributed by atoms with E-state index in [1.807, 2.05) is 35.8 Å². The van der Waals surface area contributed by atoms with Crippen molar-refractivity contribution in [1.82, 2.24) is 4.57 Å². The number of carbonyl (C=O) groups is 2. The largest absolute Gasteiger partial charge is 0.493 e. The number of nitrogens with zero attached hydrogens (tertiary/aromatic N) is 1. The summed E-state index contributed by atoms with van der Waals surface area (Å²) in [7, 11) is 1.49. The molecule has 3 N–H and O–H groups in total. The van der Waals surface area contributed by atoms with Crippen LogP contribution in [0.3, 0.4) is 0 Å². The molecule has 2 amide bonds. The number of nitrogens with one attached hydrogen (secondary N) is 1. The molecule has 0 saturated heterocycles. The van der Waals surface area contributed by atoms with Crippen molar-refractivity contribution >= 4 is 44.3 Å². The third-order valence-electron chi connectivity index (χ3n) is 4.27. The molecule has 0 unspecified atom stereocenters. The van der Waals surface area contributed by atoms with Gasteiger partial charge >= 0.3 is 0 Å². The highest BCUT2D eigenvalue weighted by molar-refractivity contribution is 9.10. The Hall–Kier alpha value is -3.00. The van der Waals surface area contributed by atoms with Gasteiger partial charge in [-0.25, -0.2) is 0 Å². The van der Waals surface area contributed by atoms with Crippen LogP contribution in [0.4, 0.5) is 5.69 Å². The van der Waals surface area contributed by atoms with E-state index in [1.165, 1.54) is 7.11 Å². The van der Waals surface area contributed by atoms with Gasteiger partial charge in [0.1, 0.15) is 6.54 Å². The van der Waals surface area contributed by atoms with Crippen molar-refractivity contribution in [3.05, 3.63) is 52.6 Å². The molecule has 1 heterocycles. The molecule has 0 saturated carbocycles. The van der Waals surface area contributed by atoms with E-state index in [1.54, 1.807) is 18.2 Å². The first-order valence-electron chi connectivity index (χ1n) is 8.53. The molecule has 0 radical (unpaired) electrons. The van der Waals surface area contributed by atoms with Gasteiger partial charge in [0, 0.05) is 32.8 Å². The number of fused-ring (bicyclic) bond motifs is 1. The number of para-hydroxylation sites is 1. The quantitative estimate of drug-likeness (QED) is 0.583. The van der Waals surface area contributed by atoms with E-state index in [9.17, 15) is 9.59 Å². The highest BCUT2D eigenvalue weighted by atomic mass is 79.9. The van der Waals surface area contributed by atoms with Crippen LogP contribution < -0.4 is 20.5 Å². The van der Waals surface area contributed by atoms with Gasteiger partial charge in [-0.2, -0.15) is 0 Å². The van der Waals surface area contributed by atoms with Gasteiger partial charge < -0.3 is 25.1 Å². The molecule has 0 aliphatic rings. The van der Waals surface area contributed by atoms with Crippen molar-refractivity contribution < 1.29 is 19.1 Å². The average Bonchev–Trinajstić information content (AvgIpc) is 2.91. The van der Waals surface area contributed by atoms with E-state index in [4.69, 9.17) is 15.2 Å². The lowest BCUT2D eigenvalue weighted by Gasteiger charge is -2.13. The third-order valence-corrected chi connectivity index (χ3v) is 5.27. The lowest BCUT2D eigenvalue weighted by atomic mass is 10.2. The zero-order valence-electron chi connectivity index (χ0n) is 15.5. The van der Waals surface area contributed by atoms with Crippen molar-refractivity contribution in [3.8, 4) is 11.5 Å². The second-order valence-electron chi connectivity index (χ2n) is 6.17. The number of hydrogen-bond acceptors (Lipinski definition) is 4. The molecule has 1 aromatic heterocycles. The summed E-state index contributed by atoms with van der Waals surface area (Å²) in [4.78, 5) is 23.6. The molecule has 0 spiro atoms. The van der Waals surface area contributed by atoms with E-state index < -0.39 is 5.91 Å². The summed E-state index contributed by atoms with van der Waals surface area (Å²) in [6, 6.07) is 12.8. The van der Waals surface area contributed by atoms with Crippen LogP contribution in [0.25, 0.3) is 10.9 Å². The van der Waals surface area contributed by atoms with Crippen LogP contribution in [0.5, 0.6) is 11.5 Å². The minimum Gasteiger partial charge on any atom is -0.493 e. The standard InChI is InChI=1S/C20H20BrN3O4/c1-12-20(21)14-5-3-4-6-15(14)24(12)10-19(26)23-13-7-8-16(27-2)17(9-13)28-11-18(22)25/h3-9H,10-11H2,1-2H3,(H2,22,25)(H,23,26). The molecular weight excluding hydrogens is 426 g/mol. The fourth-order valence-electron chi connectivity index (χ4n) is 2.95. The highest BCUT2D eigenvalue weighted by Crippen LogP contribution is 2.32. The van der Waals surface area contributed by atoms with Gasteiger partial charge in [-0.05, 0) is 41.1 Å². The number of nitrogens with two attached hydrogens (primary N) is 1. The van der Waals surface area contributed by atoms with E-state index >= 15 is 0 Å². The fraction of sp³-hybridized carbons (Fsp3) is 0.200. The van der Waals surface area contributed by atoms with Crippen LogP contribution >= 0.6 is 15.9 Å². The van der Waals surface area contributed by atoms with E-state index in [2.05, 4.69) is 21.2 Å². The summed E-state index contributed by atoms with van der Waals surface area (Å²) in [5.41, 5.74) is 7.59. The normalized spacial score (nSPS) is 10.7. The number of halogens is 1. The van der Waals surface area contributed by atoms with Crippen LogP contribution in [0, 0.1) is 6.92 Å². The number of carbonyl (C=O) groups excluding carboxylic acids is 2. The molecule has 0 atom stereocenters. The Morgan fingerprint density at radius 3 is 2.64 bits per heavy atom. The molecule has 0 aliphatic heterocycles. The minimum atomic E-state index is -0.600. The van der Waals surface area contributed by atoms with Gasteiger partial charge in [-0.15, -0.1) is 0 Å². The second kappa shape index (κ2) is 8.35. The summed E-state index contributed by atoms with van der Waals surface area (Å²) in [5, 5.41) is 3.90. The SMILES string of the molecule is COc1ccc(NC(=O)Cn2c(C)c(Br)c3ccccc32)cc1OCC(N)=O. The number of ether oxygens (including phenoxy) is 2. The van der Waals surface area contributed by atoms with Crippen LogP contribution in [0.1, 0.15) is 5.69 Å². The first-order chi connectivity index (χ1) is 13.4. The molecule has 0 bridgehead atoms. The number of rotatable bonds is 7. The molecule has 0 fully saturated rings. The predicted molar refractivity (Wildman–Crippen MR) is 111 cm³/mol. The Kier molecular flexibility index (Phi) is 5.89. The number of anilines is 1. The number of primary amides is 1. The molecule has 0 aliphatic carbocycles. The molecule has 146 valence electrons. The Morgan fingerprint density at radius 2 is 1.93 bits per heavy atom. The average molecular weight is 446 g/mol. The maximum Gasteiger partial charge on any atom is 0.255 e. The summed E-state index contributed by atoms with van der Waals surface area (Å²) >= 11 is 3.59. The molecular formula is C20H20BrN3O4. The van der Waals surface area contributed by atoms with Crippen molar-refractivity contribution in [2.24, 2.45) is 5.73 Å². The molecule has 2 aromatic carbocycles. The highest BCUT2D eigenvalue weighted by Gasteiger charge is 2.15. The first-order valence-corrected chi connectivity index (χ1v) is 9.32. The number of aromatic nitrogens is 1. The number of amides is 2. The summed E-state index contributed by atoms with van der Waals surface area (Å²) < 4.78 is 13.5. The van der Waals surface area contributed by atoms with Crippen molar-refractivity contribution in [3.63, 3.8) is 0 Å². The maximum absolute atomic E-state index is 12.6. The number of methoxy groups -OCH3 is 1. The van der Waals surface area contributed by atoms with Gasteiger partial charge in [0.2, 0.25) is 5.91 Å². The monoisotopic (exact) mass is 445 g/mol. The Morgan fingerprint density at radius 1 is 1.18 bits per heavy atom. The molecule has 28 heavy (non-hydrogen) atoms. The molecule has 3 rings (SSSR count). The first kappa shape index (κ1) is 19.8.